The number of aliphatic hydroxyl groups excluding tert-OH is 1. The molecule has 1 heterocycles. The van der Waals surface area contributed by atoms with E-state index in [-0.39, 0.29) is 52.4 Å². The van der Waals surface area contributed by atoms with Gasteiger partial charge in [0.2, 0.25) is 10.0 Å². The molecule has 3 aromatic rings. The van der Waals surface area contributed by atoms with E-state index in [0.29, 0.717) is 0 Å². The summed E-state index contributed by atoms with van der Waals surface area (Å²) >= 11 is 0. The molecule has 3 aromatic carbocycles. The van der Waals surface area contributed by atoms with Gasteiger partial charge in [0.1, 0.15) is 17.7 Å². The zero-order chi connectivity index (χ0) is 30.8. The highest BCUT2D eigenvalue weighted by Gasteiger charge is 2.35. The van der Waals surface area contributed by atoms with Crippen molar-refractivity contribution in [3.8, 4) is 5.75 Å². The minimum Gasteiger partial charge on any atom is -0.488 e. The van der Waals surface area contributed by atoms with Crippen LogP contribution in [0, 0.1) is 18.7 Å². The van der Waals surface area contributed by atoms with Gasteiger partial charge in [-0.25, -0.2) is 21.2 Å². The van der Waals surface area contributed by atoms with Gasteiger partial charge >= 0.3 is 0 Å². The number of amides is 1. The molecule has 226 valence electrons. The van der Waals surface area contributed by atoms with Crippen LogP contribution < -0.4 is 9.46 Å². The number of anilines is 1. The third kappa shape index (κ3) is 6.75. The lowest BCUT2D eigenvalue weighted by molar-refractivity contribution is 0.0387. The third-order valence-corrected chi connectivity index (χ3v) is 10.4. The van der Waals surface area contributed by atoms with Crippen LogP contribution in [0.15, 0.2) is 76.5 Å². The summed E-state index contributed by atoms with van der Waals surface area (Å²) in [5.74, 6) is -1.27. The average molecular weight is 620 g/mol. The molecule has 3 atom stereocenters. The van der Waals surface area contributed by atoms with Crippen molar-refractivity contribution in [2.45, 2.75) is 42.7 Å². The van der Waals surface area contributed by atoms with Crippen molar-refractivity contribution in [2.24, 2.45) is 5.92 Å². The number of hydrogen-bond donors (Lipinski definition) is 2. The molecule has 0 unspecified atom stereocenters. The van der Waals surface area contributed by atoms with E-state index >= 15 is 0 Å². The summed E-state index contributed by atoms with van der Waals surface area (Å²) < 4.78 is 75.6. The summed E-state index contributed by atoms with van der Waals surface area (Å²) in [5, 5.41) is 9.89. The molecular formula is C29H34FN3O7S2. The maximum absolute atomic E-state index is 13.7. The Morgan fingerprint density at radius 3 is 2.29 bits per heavy atom. The van der Waals surface area contributed by atoms with E-state index in [0.717, 1.165) is 22.0 Å². The number of rotatable bonds is 9. The van der Waals surface area contributed by atoms with Gasteiger partial charge in [-0.3, -0.25) is 9.52 Å². The molecule has 1 amide bonds. The Balaban J connectivity index is 1.68. The molecule has 0 spiro atoms. The number of halogens is 1. The molecule has 13 heteroatoms. The molecule has 0 aliphatic carbocycles. The Bertz CT molecular complexity index is 1650. The van der Waals surface area contributed by atoms with Crippen molar-refractivity contribution in [2.75, 3.05) is 31.5 Å². The Kier molecular flexibility index (Phi) is 9.26. The number of aliphatic hydroxyl groups is 1. The fourth-order valence-corrected chi connectivity index (χ4v) is 6.81. The molecule has 0 fully saturated rings. The number of carbonyl (C=O) groups excluding carboxylic acids is 1. The van der Waals surface area contributed by atoms with Crippen LogP contribution in [0.1, 0.15) is 29.8 Å². The smallest absolute Gasteiger partial charge is 0.261 e. The van der Waals surface area contributed by atoms with Gasteiger partial charge in [-0.2, -0.15) is 4.31 Å². The molecule has 0 radical (unpaired) electrons. The number of aryl methyl sites for hydroxylation is 1. The van der Waals surface area contributed by atoms with Crippen molar-refractivity contribution >= 4 is 31.6 Å². The average Bonchev–Trinajstić information content (AvgIpc) is 2.95. The van der Waals surface area contributed by atoms with Crippen LogP contribution in [-0.4, -0.2) is 75.9 Å². The van der Waals surface area contributed by atoms with E-state index in [4.69, 9.17) is 4.74 Å². The lowest BCUT2D eigenvalue weighted by Gasteiger charge is -2.38. The van der Waals surface area contributed by atoms with Gasteiger partial charge in [0, 0.05) is 25.2 Å². The van der Waals surface area contributed by atoms with Crippen LogP contribution in [0.25, 0.3) is 0 Å². The first kappa shape index (κ1) is 31.4. The summed E-state index contributed by atoms with van der Waals surface area (Å²) in [4.78, 5) is 15.1. The van der Waals surface area contributed by atoms with Crippen LogP contribution in [0.3, 0.4) is 0 Å². The molecule has 1 aliphatic heterocycles. The first-order valence-electron chi connectivity index (χ1n) is 13.3. The van der Waals surface area contributed by atoms with E-state index in [1.807, 2.05) is 13.8 Å². The third-order valence-electron chi connectivity index (χ3n) is 7.21. The number of hydrogen-bond acceptors (Lipinski definition) is 7. The number of nitrogens with zero attached hydrogens (tertiary/aromatic N) is 2. The second kappa shape index (κ2) is 12.4. The standard InChI is InChI=1S/C29H34FN3O7S2/c1-19-5-10-24(11-6-19)41(36,37)31-23-9-14-27-26(15-23)29(35)33(21(3)18-34)16-20(2)28(40-27)17-32(4)42(38,39)25-12-7-22(30)8-13-25/h5-15,20-21,28,31,34H,16-18H2,1-4H3/t20-,21+,28-/m0/s1. The molecule has 0 bridgehead atoms. The number of benzene rings is 3. The zero-order valence-corrected chi connectivity index (χ0v) is 25.3. The minimum absolute atomic E-state index is 0.0530. The van der Waals surface area contributed by atoms with Crippen molar-refractivity contribution in [3.63, 3.8) is 0 Å². The topological polar surface area (TPSA) is 133 Å². The van der Waals surface area contributed by atoms with Crippen LogP contribution in [0.5, 0.6) is 5.75 Å². The van der Waals surface area contributed by atoms with Gasteiger partial charge in [-0.15, -0.1) is 0 Å². The Labute approximate surface area is 245 Å². The highest BCUT2D eigenvalue weighted by Crippen LogP contribution is 2.32. The Morgan fingerprint density at radius 1 is 1.05 bits per heavy atom. The first-order chi connectivity index (χ1) is 19.7. The largest absolute Gasteiger partial charge is 0.488 e. The fourth-order valence-electron chi connectivity index (χ4n) is 4.57. The lowest BCUT2D eigenvalue weighted by Crippen LogP contribution is -2.50. The molecular weight excluding hydrogens is 585 g/mol. The van der Waals surface area contributed by atoms with Crippen molar-refractivity contribution in [1.29, 1.82) is 0 Å². The zero-order valence-electron chi connectivity index (χ0n) is 23.7. The maximum Gasteiger partial charge on any atom is 0.261 e. The van der Waals surface area contributed by atoms with Gasteiger partial charge in [-0.05, 0) is 68.4 Å². The molecule has 2 N–H and O–H groups in total. The van der Waals surface area contributed by atoms with Crippen LogP contribution in [0.4, 0.5) is 10.1 Å². The van der Waals surface area contributed by atoms with Crippen molar-refractivity contribution < 1.29 is 35.9 Å². The van der Waals surface area contributed by atoms with Crippen LogP contribution in [0.2, 0.25) is 0 Å². The molecule has 10 nitrogen and oxygen atoms in total. The molecule has 0 aromatic heterocycles. The van der Waals surface area contributed by atoms with Gasteiger partial charge in [0.25, 0.3) is 15.9 Å². The number of sulfonamides is 2. The second-order valence-corrected chi connectivity index (χ2v) is 14.2. The van der Waals surface area contributed by atoms with E-state index in [2.05, 4.69) is 4.72 Å². The summed E-state index contributed by atoms with van der Waals surface area (Å²) in [5.41, 5.74) is 1.08. The van der Waals surface area contributed by atoms with E-state index in [1.54, 1.807) is 19.1 Å². The van der Waals surface area contributed by atoms with E-state index < -0.39 is 43.9 Å². The molecule has 42 heavy (non-hydrogen) atoms. The second-order valence-electron chi connectivity index (χ2n) is 10.5. The summed E-state index contributed by atoms with van der Waals surface area (Å²) in [6.07, 6.45) is -0.736. The molecule has 1 aliphatic rings. The monoisotopic (exact) mass is 619 g/mol. The number of ether oxygens (including phenoxy) is 1. The number of nitrogens with one attached hydrogen (secondary N) is 1. The van der Waals surface area contributed by atoms with E-state index in [1.165, 1.54) is 54.4 Å². The molecule has 0 saturated carbocycles. The van der Waals surface area contributed by atoms with Gasteiger partial charge < -0.3 is 14.7 Å². The highest BCUT2D eigenvalue weighted by atomic mass is 32.2. The number of fused-ring (bicyclic) bond motifs is 1. The normalized spacial score (nSPS) is 18.5. The van der Waals surface area contributed by atoms with Crippen molar-refractivity contribution in [1.82, 2.24) is 9.21 Å². The minimum atomic E-state index is -3.99. The lowest BCUT2D eigenvalue weighted by atomic mass is 9.99. The summed E-state index contributed by atoms with van der Waals surface area (Å²) in [6, 6.07) is 14.5. The fraction of sp³-hybridized carbons (Fsp3) is 0.345. The Hall–Kier alpha value is -3.52. The molecule has 4 rings (SSSR count). The number of likely N-dealkylation sites (N-methyl/N-ethyl adjacent to an activating group) is 1. The van der Waals surface area contributed by atoms with Crippen LogP contribution in [-0.2, 0) is 20.0 Å². The predicted molar refractivity (Wildman–Crippen MR) is 156 cm³/mol. The summed E-state index contributed by atoms with van der Waals surface area (Å²) in [7, 11) is -6.56. The van der Waals surface area contributed by atoms with Gasteiger partial charge in [-0.1, -0.05) is 24.6 Å². The first-order valence-corrected chi connectivity index (χ1v) is 16.2. The molecule has 0 saturated heterocycles. The SMILES string of the molecule is Cc1ccc(S(=O)(=O)Nc2ccc3c(c2)C(=O)N([C@H](C)CO)C[C@H](C)[C@H](CN(C)S(=O)(=O)c2ccc(F)cc2)O3)cc1. The predicted octanol–water partition coefficient (Wildman–Crippen LogP) is 3.48. The van der Waals surface area contributed by atoms with E-state index in [9.17, 15) is 31.1 Å². The van der Waals surface area contributed by atoms with Crippen molar-refractivity contribution in [3.05, 3.63) is 83.7 Å². The number of carbonyl (C=O) groups is 1. The highest BCUT2D eigenvalue weighted by molar-refractivity contribution is 7.92. The van der Waals surface area contributed by atoms with Gasteiger partial charge in [0.05, 0.1) is 34.5 Å². The summed E-state index contributed by atoms with van der Waals surface area (Å²) in [6.45, 7) is 5.04. The van der Waals surface area contributed by atoms with Gasteiger partial charge in [0.15, 0.2) is 0 Å². The van der Waals surface area contributed by atoms with Crippen LogP contribution >= 0.6 is 0 Å². The quantitative estimate of drug-likeness (QED) is 0.375. The maximum atomic E-state index is 13.7. The Morgan fingerprint density at radius 2 is 1.67 bits per heavy atom.